The second-order valence-electron chi connectivity index (χ2n) is 6.61. The maximum absolute atomic E-state index is 12.2. The van der Waals surface area contributed by atoms with Gasteiger partial charge in [0.25, 0.3) is 5.91 Å². The van der Waals surface area contributed by atoms with Gasteiger partial charge in [0.05, 0.1) is 6.61 Å². The molecule has 8 heteroatoms. The number of hydrazine groups is 1. The zero-order chi connectivity index (χ0) is 20.4. The summed E-state index contributed by atoms with van der Waals surface area (Å²) >= 11 is 0. The third-order valence-corrected chi connectivity index (χ3v) is 4.52. The number of nitrogens with one attached hydrogen (secondary N) is 2. The summed E-state index contributed by atoms with van der Waals surface area (Å²) in [5.41, 5.74) is 4.82. The molecule has 0 radical (unpaired) electrons. The van der Waals surface area contributed by atoms with Crippen molar-refractivity contribution in [3.8, 4) is 11.5 Å². The number of nitrogens with zero attached hydrogens (tertiary/aromatic N) is 1. The van der Waals surface area contributed by atoms with E-state index in [9.17, 15) is 14.4 Å². The first-order valence-corrected chi connectivity index (χ1v) is 9.76. The minimum absolute atomic E-state index is 0.138. The Morgan fingerprint density at radius 2 is 1.68 bits per heavy atom. The van der Waals surface area contributed by atoms with Crippen molar-refractivity contribution in [2.75, 3.05) is 26.3 Å². The van der Waals surface area contributed by atoms with Crippen molar-refractivity contribution in [3.05, 3.63) is 24.3 Å². The third-order valence-electron chi connectivity index (χ3n) is 4.52. The van der Waals surface area contributed by atoms with E-state index < -0.39 is 5.91 Å². The van der Waals surface area contributed by atoms with Gasteiger partial charge in [-0.3, -0.25) is 25.2 Å². The summed E-state index contributed by atoms with van der Waals surface area (Å²) in [6.45, 7) is 5.23. The maximum atomic E-state index is 12.2. The van der Waals surface area contributed by atoms with Gasteiger partial charge in [0.1, 0.15) is 0 Å². The van der Waals surface area contributed by atoms with Crippen LogP contribution in [0.5, 0.6) is 11.5 Å². The van der Waals surface area contributed by atoms with Gasteiger partial charge in [-0.1, -0.05) is 19.1 Å². The molecule has 1 aromatic carbocycles. The molecule has 0 saturated carbocycles. The maximum Gasteiger partial charge on any atom is 0.276 e. The number of hydrogen-bond acceptors (Lipinski definition) is 5. The van der Waals surface area contributed by atoms with Crippen LogP contribution in [0.25, 0.3) is 0 Å². The monoisotopic (exact) mass is 391 g/mol. The number of rotatable bonds is 8. The average molecular weight is 391 g/mol. The number of carbonyl (C=O) groups excluding carboxylic acids is 3. The molecule has 1 aliphatic rings. The quantitative estimate of drug-likeness (QED) is 0.657. The number of piperidine rings is 1. The number of likely N-dealkylation sites (tertiary alicyclic amines) is 1. The van der Waals surface area contributed by atoms with Crippen LogP contribution in [0.4, 0.5) is 0 Å². The van der Waals surface area contributed by atoms with Gasteiger partial charge in [-0.05, 0) is 38.3 Å². The molecule has 0 bridgehead atoms. The number of ether oxygens (including phenoxy) is 2. The second kappa shape index (κ2) is 11.2. The summed E-state index contributed by atoms with van der Waals surface area (Å²) < 4.78 is 10.9. The van der Waals surface area contributed by atoms with Crippen LogP contribution in [0, 0.1) is 5.92 Å². The lowest BCUT2D eigenvalue weighted by atomic mass is 9.96. The number of benzene rings is 1. The van der Waals surface area contributed by atoms with Gasteiger partial charge in [0.2, 0.25) is 11.8 Å². The van der Waals surface area contributed by atoms with Crippen molar-refractivity contribution < 1.29 is 23.9 Å². The van der Waals surface area contributed by atoms with E-state index in [2.05, 4.69) is 10.9 Å². The predicted molar refractivity (Wildman–Crippen MR) is 104 cm³/mol. The predicted octanol–water partition coefficient (Wildman–Crippen LogP) is 1.65. The lowest BCUT2D eigenvalue weighted by Crippen LogP contribution is -2.49. The summed E-state index contributed by atoms with van der Waals surface area (Å²) in [7, 11) is 0. The highest BCUT2D eigenvalue weighted by atomic mass is 16.5. The van der Waals surface area contributed by atoms with Crippen molar-refractivity contribution in [3.63, 3.8) is 0 Å². The largest absolute Gasteiger partial charge is 0.490 e. The molecule has 154 valence electrons. The Morgan fingerprint density at radius 1 is 1.04 bits per heavy atom. The molecule has 1 aliphatic heterocycles. The van der Waals surface area contributed by atoms with Crippen LogP contribution >= 0.6 is 0 Å². The Bertz CT molecular complexity index is 672. The number of carbonyl (C=O) groups is 3. The summed E-state index contributed by atoms with van der Waals surface area (Å²) in [6, 6.07) is 7.08. The fourth-order valence-electron chi connectivity index (χ4n) is 3.02. The third kappa shape index (κ3) is 6.44. The topological polar surface area (TPSA) is 97.0 Å². The van der Waals surface area contributed by atoms with Crippen LogP contribution in [-0.4, -0.2) is 48.9 Å². The SMILES string of the molecule is CCCC(=O)N1CCC(C(=O)NNC(=O)COc2ccccc2OCC)CC1. The smallest absolute Gasteiger partial charge is 0.276 e. The second-order valence-corrected chi connectivity index (χ2v) is 6.61. The zero-order valence-corrected chi connectivity index (χ0v) is 16.5. The molecule has 8 nitrogen and oxygen atoms in total. The molecule has 0 aliphatic carbocycles. The molecular weight excluding hydrogens is 362 g/mol. The van der Waals surface area contributed by atoms with Gasteiger partial charge < -0.3 is 14.4 Å². The van der Waals surface area contributed by atoms with Crippen LogP contribution < -0.4 is 20.3 Å². The van der Waals surface area contributed by atoms with Gasteiger partial charge in [-0.15, -0.1) is 0 Å². The molecule has 2 rings (SSSR count). The van der Waals surface area contributed by atoms with E-state index in [0.717, 1.165) is 6.42 Å². The van der Waals surface area contributed by atoms with Crippen LogP contribution in [0.3, 0.4) is 0 Å². The molecule has 2 N–H and O–H groups in total. The minimum atomic E-state index is -0.463. The lowest BCUT2D eigenvalue weighted by molar-refractivity contribution is -0.137. The highest BCUT2D eigenvalue weighted by Gasteiger charge is 2.27. The molecular formula is C20H29N3O5. The first kappa shape index (κ1) is 21.5. The Morgan fingerprint density at radius 3 is 2.29 bits per heavy atom. The van der Waals surface area contributed by atoms with Gasteiger partial charge in [-0.25, -0.2) is 0 Å². The molecule has 3 amide bonds. The van der Waals surface area contributed by atoms with Gasteiger partial charge in [0, 0.05) is 25.4 Å². The summed E-state index contributed by atoms with van der Waals surface area (Å²) in [6.07, 6.45) is 2.55. The van der Waals surface area contributed by atoms with E-state index in [4.69, 9.17) is 9.47 Å². The molecule has 1 saturated heterocycles. The molecule has 1 fully saturated rings. The normalized spacial score (nSPS) is 14.3. The Hall–Kier alpha value is -2.77. The molecule has 0 aromatic heterocycles. The molecule has 0 atom stereocenters. The van der Waals surface area contributed by atoms with Crippen LogP contribution in [0.2, 0.25) is 0 Å². The fraction of sp³-hybridized carbons (Fsp3) is 0.550. The highest BCUT2D eigenvalue weighted by Crippen LogP contribution is 2.26. The number of amides is 3. The van der Waals surface area contributed by atoms with Gasteiger partial charge in [0.15, 0.2) is 18.1 Å². The van der Waals surface area contributed by atoms with E-state index in [1.54, 1.807) is 23.1 Å². The van der Waals surface area contributed by atoms with E-state index >= 15 is 0 Å². The summed E-state index contributed by atoms with van der Waals surface area (Å²) in [4.78, 5) is 37.9. The van der Waals surface area contributed by atoms with E-state index in [0.29, 0.717) is 50.5 Å². The summed E-state index contributed by atoms with van der Waals surface area (Å²) in [5.74, 6) is 0.242. The molecule has 28 heavy (non-hydrogen) atoms. The Labute approximate surface area is 165 Å². The molecule has 0 unspecified atom stereocenters. The Kier molecular flexibility index (Phi) is 8.58. The molecule has 1 aromatic rings. The lowest BCUT2D eigenvalue weighted by Gasteiger charge is -2.31. The first-order valence-electron chi connectivity index (χ1n) is 9.76. The van der Waals surface area contributed by atoms with Crippen molar-refractivity contribution in [2.45, 2.75) is 39.5 Å². The van der Waals surface area contributed by atoms with Crippen LogP contribution in [0.1, 0.15) is 39.5 Å². The van der Waals surface area contributed by atoms with Crippen molar-refractivity contribution >= 4 is 17.7 Å². The number of para-hydroxylation sites is 2. The minimum Gasteiger partial charge on any atom is -0.490 e. The van der Waals surface area contributed by atoms with Crippen LogP contribution in [0.15, 0.2) is 24.3 Å². The van der Waals surface area contributed by atoms with Gasteiger partial charge in [-0.2, -0.15) is 0 Å². The van der Waals surface area contributed by atoms with E-state index in [1.165, 1.54) is 0 Å². The van der Waals surface area contributed by atoms with E-state index in [-0.39, 0.29) is 24.3 Å². The number of hydrogen-bond donors (Lipinski definition) is 2. The highest BCUT2D eigenvalue weighted by molar-refractivity contribution is 5.84. The van der Waals surface area contributed by atoms with Crippen LogP contribution in [-0.2, 0) is 14.4 Å². The van der Waals surface area contributed by atoms with Crippen molar-refractivity contribution in [2.24, 2.45) is 5.92 Å². The van der Waals surface area contributed by atoms with E-state index in [1.807, 2.05) is 19.9 Å². The first-order chi connectivity index (χ1) is 13.5. The zero-order valence-electron chi connectivity index (χ0n) is 16.5. The van der Waals surface area contributed by atoms with Gasteiger partial charge >= 0.3 is 0 Å². The van der Waals surface area contributed by atoms with Crippen molar-refractivity contribution in [1.82, 2.24) is 15.8 Å². The Balaban J connectivity index is 1.70. The fourth-order valence-corrected chi connectivity index (χ4v) is 3.02. The average Bonchev–Trinajstić information content (AvgIpc) is 2.72. The standard InChI is InChI=1S/C20H29N3O5/c1-3-7-19(25)23-12-10-15(11-13-23)20(26)22-21-18(24)14-28-17-9-6-5-8-16(17)27-4-2/h5-6,8-9,15H,3-4,7,10-14H2,1-2H3,(H,21,24)(H,22,26). The molecule has 0 spiro atoms. The summed E-state index contributed by atoms with van der Waals surface area (Å²) in [5, 5.41) is 0. The molecule has 1 heterocycles. The van der Waals surface area contributed by atoms with Crippen molar-refractivity contribution in [1.29, 1.82) is 0 Å².